The molecule has 4 N–H and O–H groups in total. The van der Waals surface area contributed by atoms with Crippen LogP contribution in [-0.4, -0.2) is 52.3 Å². The van der Waals surface area contributed by atoms with Crippen LogP contribution in [0.15, 0.2) is 17.6 Å². The van der Waals surface area contributed by atoms with Gasteiger partial charge in [-0.3, -0.25) is 4.99 Å². The number of aliphatic hydroxyl groups excluding tert-OH is 2. The molecule has 0 spiro atoms. The fourth-order valence-electron chi connectivity index (χ4n) is 1.45. The standard InChI is InChI=1S/C10H17FN2O3S/c1-2-3-13-10(12)17-8-4-6(14)9(15)7(5-11)16-8/h2,6-9,14-15H,1,3-5H2,(H2,12,13)/t6?,7?,8-,9+/m1/s1. The number of thioether (sulfide) groups is 1. The predicted molar refractivity (Wildman–Crippen MR) is 65.5 cm³/mol. The molecule has 1 aliphatic rings. The maximum absolute atomic E-state index is 12.5. The van der Waals surface area contributed by atoms with Crippen molar-refractivity contribution in [3.63, 3.8) is 0 Å². The van der Waals surface area contributed by atoms with E-state index < -0.39 is 30.4 Å². The van der Waals surface area contributed by atoms with E-state index in [0.717, 1.165) is 11.8 Å². The van der Waals surface area contributed by atoms with E-state index in [0.29, 0.717) is 6.54 Å². The lowest BCUT2D eigenvalue weighted by molar-refractivity contribution is -0.149. The number of nitrogens with zero attached hydrogens (tertiary/aromatic N) is 1. The molecular formula is C10H17FN2O3S. The van der Waals surface area contributed by atoms with Crippen molar-refractivity contribution in [1.29, 1.82) is 0 Å². The van der Waals surface area contributed by atoms with Gasteiger partial charge in [-0.1, -0.05) is 17.8 Å². The van der Waals surface area contributed by atoms with Gasteiger partial charge >= 0.3 is 0 Å². The molecule has 5 nitrogen and oxygen atoms in total. The molecule has 1 fully saturated rings. The number of aliphatic hydroxyl groups is 2. The molecule has 1 heterocycles. The van der Waals surface area contributed by atoms with Crippen LogP contribution < -0.4 is 5.73 Å². The van der Waals surface area contributed by atoms with Crippen molar-refractivity contribution in [3.05, 3.63) is 12.7 Å². The normalized spacial score (nSPS) is 34.6. The number of halogens is 1. The van der Waals surface area contributed by atoms with E-state index >= 15 is 0 Å². The Hall–Kier alpha value is -0.630. The molecule has 0 amide bonds. The zero-order chi connectivity index (χ0) is 12.8. The highest BCUT2D eigenvalue weighted by atomic mass is 32.2. The fraction of sp³-hybridized carbons (Fsp3) is 0.700. The first-order chi connectivity index (χ1) is 8.08. The van der Waals surface area contributed by atoms with E-state index in [9.17, 15) is 14.6 Å². The maximum atomic E-state index is 12.5. The summed E-state index contributed by atoms with van der Waals surface area (Å²) in [7, 11) is 0. The minimum atomic E-state index is -1.19. The summed E-state index contributed by atoms with van der Waals surface area (Å²) in [5, 5.41) is 19.3. The SMILES string of the molecule is C=CCN=C(N)S[C@@H]1CC(O)[C@H](O)C(CF)O1. The molecule has 0 bridgehead atoms. The third kappa shape index (κ3) is 4.27. The highest BCUT2D eigenvalue weighted by Crippen LogP contribution is 2.28. The Kier molecular flexibility index (Phi) is 5.90. The van der Waals surface area contributed by atoms with E-state index in [4.69, 9.17) is 10.5 Å². The number of nitrogens with two attached hydrogens (primary N) is 1. The lowest BCUT2D eigenvalue weighted by Crippen LogP contribution is -2.48. The third-order valence-electron chi connectivity index (χ3n) is 2.32. The van der Waals surface area contributed by atoms with Crippen LogP contribution in [0, 0.1) is 0 Å². The summed E-state index contributed by atoms with van der Waals surface area (Å²) < 4.78 is 17.8. The monoisotopic (exact) mass is 264 g/mol. The molecular weight excluding hydrogens is 247 g/mol. The van der Waals surface area contributed by atoms with Crippen LogP contribution in [0.1, 0.15) is 6.42 Å². The maximum Gasteiger partial charge on any atom is 0.156 e. The summed E-state index contributed by atoms with van der Waals surface area (Å²) in [6.07, 6.45) is -1.43. The molecule has 0 aromatic heterocycles. The Morgan fingerprint density at radius 2 is 2.35 bits per heavy atom. The van der Waals surface area contributed by atoms with Crippen LogP contribution in [0.4, 0.5) is 4.39 Å². The molecule has 0 radical (unpaired) electrons. The van der Waals surface area contributed by atoms with Gasteiger partial charge in [0.05, 0.1) is 12.6 Å². The number of rotatable bonds is 4. The van der Waals surface area contributed by atoms with E-state index in [-0.39, 0.29) is 11.6 Å². The summed E-state index contributed by atoms with van der Waals surface area (Å²) in [4.78, 5) is 3.95. The largest absolute Gasteiger partial charge is 0.390 e. The summed E-state index contributed by atoms with van der Waals surface area (Å²) >= 11 is 1.11. The molecule has 1 rings (SSSR count). The van der Waals surface area contributed by atoms with Gasteiger partial charge in [-0.25, -0.2) is 4.39 Å². The first kappa shape index (κ1) is 14.4. The van der Waals surface area contributed by atoms with Gasteiger partial charge in [-0.2, -0.15) is 0 Å². The third-order valence-corrected chi connectivity index (χ3v) is 3.25. The van der Waals surface area contributed by atoms with E-state index in [1.165, 1.54) is 0 Å². The van der Waals surface area contributed by atoms with Crippen molar-refractivity contribution in [1.82, 2.24) is 0 Å². The van der Waals surface area contributed by atoms with Crippen molar-refractivity contribution < 1.29 is 19.3 Å². The van der Waals surface area contributed by atoms with Crippen LogP contribution in [0.2, 0.25) is 0 Å². The Morgan fingerprint density at radius 3 is 2.94 bits per heavy atom. The highest BCUT2D eigenvalue weighted by Gasteiger charge is 2.37. The molecule has 0 aliphatic carbocycles. The molecule has 98 valence electrons. The van der Waals surface area contributed by atoms with Crippen LogP contribution >= 0.6 is 11.8 Å². The van der Waals surface area contributed by atoms with Crippen LogP contribution in [0.25, 0.3) is 0 Å². The number of hydrogen-bond acceptors (Lipinski definition) is 5. The Bertz CT molecular complexity index is 291. The van der Waals surface area contributed by atoms with Gasteiger partial charge < -0.3 is 20.7 Å². The molecule has 4 atom stereocenters. The molecule has 7 heteroatoms. The highest BCUT2D eigenvalue weighted by molar-refractivity contribution is 8.14. The molecule has 0 aromatic rings. The number of amidine groups is 1. The molecule has 17 heavy (non-hydrogen) atoms. The van der Waals surface area contributed by atoms with Crippen molar-refractivity contribution in [2.24, 2.45) is 10.7 Å². The van der Waals surface area contributed by atoms with Gasteiger partial charge in [0.1, 0.15) is 24.3 Å². The molecule has 0 saturated carbocycles. The quantitative estimate of drug-likeness (QED) is 0.379. The van der Waals surface area contributed by atoms with Gasteiger partial charge in [0, 0.05) is 6.42 Å². The lowest BCUT2D eigenvalue weighted by Gasteiger charge is -2.35. The van der Waals surface area contributed by atoms with Gasteiger partial charge in [0.15, 0.2) is 5.17 Å². The summed E-state index contributed by atoms with van der Waals surface area (Å²) in [5.74, 6) is 0. The minimum absolute atomic E-state index is 0.187. The first-order valence-electron chi connectivity index (χ1n) is 5.23. The molecule has 2 unspecified atom stereocenters. The average molecular weight is 264 g/mol. The summed E-state index contributed by atoms with van der Waals surface area (Å²) in [5.41, 5.74) is 5.11. The topological polar surface area (TPSA) is 88.1 Å². The predicted octanol–water partition coefficient (Wildman–Crippen LogP) is 0.0266. The number of hydrogen-bond donors (Lipinski definition) is 3. The number of alkyl halides is 1. The Morgan fingerprint density at radius 1 is 1.65 bits per heavy atom. The Labute approximate surface area is 104 Å². The smallest absolute Gasteiger partial charge is 0.156 e. The van der Waals surface area contributed by atoms with Crippen LogP contribution in [-0.2, 0) is 4.74 Å². The van der Waals surface area contributed by atoms with E-state index in [2.05, 4.69) is 11.6 Å². The van der Waals surface area contributed by atoms with Crippen molar-refractivity contribution in [3.8, 4) is 0 Å². The van der Waals surface area contributed by atoms with Gasteiger partial charge in [-0.05, 0) is 0 Å². The summed E-state index contributed by atoms with van der Waals surface area (Å²) in [6, 6.07) is 0. The van der Waals surface area contributed by atoms with Crippen LogP contribution in [0.3, 0.4) is 0 Å². The van der Waals surface area contributed by atoms with Gasteiger partial charge in [0.25, 0.3) is 0 Å². The van der Waals surface area contributed by atoms with Gasteiger partial charge in [-0.15, -0.1) is 6.58 Å². The fourth-order valence-corrected chi connectivity index (χ4v) is 2.36. The van der Waals surface area contributed by atoms with Crippen molar-refractivity contribution in [2.45, 2.75) is 30.2 Å². The zero-order valence-corrected chi connectivity index (χ0v) is 10.1. The van der Waals surface area contributed by atoms with Crippen LogP contribution in [0.5, 0.6) is 0 Å². The number of aliphatic imine (C=N–C) groups is 1. The second-order valence-corrected chi connectivity index (χ2v) is 4.82. The zero-order valence-electron chi connectivity index (χ0n) is 9.33. The summed E-state index contributed by atoms with van der Waals surface area (Å²) in [6.45, 7) is 3.04. The van der Waals surface area contributed by atoms with Gasteiger partial charge in [0.2, 0.25) is 0 Å². The average Bonchev–Trinajstić information content (AvgIpc) is 2.31. The second kappa shape index (κ2) is 6.95. The van der Waals surface area contributed by atoms with E-state index in [1.807, 2.05) is 0 Å². The Balaban J connectivity index is 2.52. The lowest BCUT2D eigenvalue weighted by atomic mass is 10.0. The number of ether oxygens (including phenoxy) is 1. The van der Waals surface area contributed by atoms with Crippen molar-refractivity contribution in [2.75, 3.05) is 13.2 Å². The first-order valence-corrected chi connectivity index (χ1v) is 6.11. The van der Waals surface area contributed by atoms with Crippen molar-refractivity contribution >= 4 is 16.9 Å². The minimum Gasteiger partial charge on any atom is -0.390 e. The molecule has 1 aliphatic heterocycles. The van der Waals surface area contributed by atoms with E-state index in [1.54, 1.807) is 6.08 Å². The molecule has 0 aromatic carbocycles. The molecule has 1 saturated heterocycles. The second-order valence-electron chi connectivity index (χ2n) is 3.64.